The Morgan fingerprint density at radius 3 is 2.21 bits per heavy atom. The highest BCUT2D eigenvalue weighted by molar-refractivity contribution is 7.92. The molecule has 6 nitrogen and oxygen atoms in total. The number of anilines is 1. The number of sulfonamides is 1. The second kappa shape index (κ2) is 9.31. The quantitative estimate of drug-likeness (QED) is 0.710. The maximum atomic E-state index is 12.8. The number of hydrogen-bond donors (Lipinski definition) is 1. The normalized spacial score (nSPS) is 12.3. The Bertz CT molecular complexity index is 966. The van der Waals surface area contributed by atoms with Crippen molar-refractivity contribution in [1.29, 1.82) is 0 Å². The Morgan fingerprint density at radius 2 is 1.72 bits per heavy atom. The van der Waals surface area contributed by atoms with Crippen LogP contribution in [0.5, 0.6) is 5.75 Å². The van der Waals surface area contributed by atoms with Crippen LogP contribution in [-0.2, 0) is 14.8 Å². The van der Waals surface area contributed by atoms with E-state index in [9.17, 15) is 13.2 Å². The number of aryl methyl sites for hydroxylation is 3. The Morgan fingerprint density at radius 1 is 1.10 bits per heavy atom. The number of benzene rings is 2. The summed E-state index contributed by atoms with van der Waals surface area (Å²) in [5.41, 5.74) is 4.10. The third kappa shape index (κ3) is 5.50. The molecular weight excluding hydrogens is 388 g/mol. The van der Waals surface area contributed by atoms with Gasteiger partial charge >= 0.3 is 0 Å². The Hall–Kier alpha value is -2.54. The van der Waals surface area contributed by atoms with Crippen molar-refractivity contribution < 1.29 is 17.9 Å². The van der Waals surface area contributed by atoms with Crippen molar-refractivity contribution in [2.75, 3.05) is 24.2 Å². The van der Waals surface area contributed by atoms with Gasteiger partial charge in [-0.1, -0.05) is 37.3 Å². The molecule has 0 saturated heterocycles. The van der Waals surface area contributed by atoms with Crippen LogP contribution in [0.3, 0.4) is 0 Å². The molecule has 1 amide bonds. The number of amides is 1. The first-order valence-electron chi connectivity index (χ1n) is 9.56. The predicted molar refractivity (Wildman–Crippen MR) is 117 cm³/mol. The molecule has 0 fully saturated rings. The van der Waals surface area contributed by atoms with E-state index in [1.807, 2.05) is 64.1 Å². The molecule has 0 saturated carbocycles. The third-order valence-corrected chi connectivity index (χ3v) is 6.05. The van der Waals surface area contributed by atoms with Crippen LogP contribution in [0, 0.1) is 20.8 Å². The zero-order chi connectivity index (χ0) is 21.8. The molecule has 2 aromatic rings. The third-order valence-electron chi connectivity index (χ3n) is 4.94. The van der Waals surface area contributed by atoms with Crippen molar-refractivity contribution in [1.82, 2.24) is 5.32 Å². The Labute approximate surface area is 173 Å². The molecule has 2 aromatic carbocycles. The molecule has 0 aliphatic heterocycles. The summed E-state index contributed by atoms with van der Waals surface area (Å²) in [6.07, 6.45) is 1.80. The lowest BCUT2D eigenvalue weighted by atomic mass is 10.0. The van der Waals surface area contributed by atoms with Crippen molar-refractivity contribution in [3.63, 3.8) is 0 Å². The summed E-state index contributed by atoms with van der Waals surface area (Å²) < 4.78 is 31.4. The first-order chi connectivity index (χ1) is 13.6. The molecule has 158 valence electrons. The van der Waals surface area contributed by atoms with Crippen molar-refractivity contribution in [3.8, 4) is 5.75 Å². The summed E-state index contributed by atoms with van der Waals surface area (Å²) in [6, 6.07) is 11.1. The highest BCUT2D eigenvalue weighted by Crippen LogP contribution is 2.27. The number of nitrogens with one attached hydrogen (secondary N) is 1. The van der Waals surface area contributed by atoms with Crippen molar-refractivity contribution in [2.24, 2.45) is 0 Å². The van der Waals surface area contributed by atoms with Crippen LogP contribution in [0.4, 0.5) is 5.69 Å². The molecule has 0 bridgehead atoms. The van der Waals surface area contributed by atoms with Gasteiger partial charge in [-0.15, -0.1) is 0 Å². The maximum Gasteiger partial charge on any atom is 0.241 e. The van der Waals surface area contributed by atoms with E-state index >= 15 is 0 Å². The minimum absolute atomic E-state index is 0.216. The zero-order valence-electron chi connectivity index (χ0n) is 17.9. The second-order valence-corrected chi connectivity index (χ2v) is 9.17. The molecular formula is C22H30N2O4S. The van der Waals surface area contributed by atoms with E-state index in [1.165, 1.54) is 4.31 Å². The first-order valence-corrected chi connectivity index (χ1v) is 11.4. The molecule has 0 aromatic heterocycles. The summed E-state index contributed by atoms with van der Waals surface area (Å²) in [5, 5.41) is 2.97. The van der Waals surface area contributed by atoms with Crippen molar-refractivity contribution in [2.45, 2.75) is 40.2 Å². The number of rotatable bonds is 8. The van der Waals surface area contributed by atoms with Crippen molar-refractivity contribution >= 4 is 21.6 Å². The number of nitrogens with zero attached hydrogens (tertiary/aromatic N) is 1. The monoisotopic (exact) mass is 418 g/mol. The van der Waals surface area contributed by atoms with E-state index in [1.54, 1.807) is 7.11 Å². The van der Waals surface area contributed by atoms with Gasteiger partial charge in [0.1, 0.15) is 12.3 Å². The summed E-state index contributed by atoms with van der Waals surface area (Å²) in [7, 11) is -2.01. The highest BCUT2D eigenvalue weighted by atomic mass is 32.2. The minimum Gasteiger partial charge on any atom is -0.496 e. The fourth-order valence-corrected chi connectivity index (χ4v) is 4.44. The van der Waals surface area contributed by atoms with Crippen LogP contribution >= 0.6 is 0 Å². The summed E-state index contributed by atoms with van der Waals surface area (Å²) in [6.45, 7) is 7.34. The molecule has 0 aliphatic carbocycles. The number of methoxy groups -OCH3 is 1. The lowest BCUT2D eigenvalue weighted by molar-refractivity contribution is -0.120. The fraction of sp³-hybridized carbons (Fsp3) is 0.409. The predicted octanol–water partition coefficient (Wildman–Crippen LogP) is 3.65. The van der Waals surface area contributed by atoms with E-state index in [0.717, 1.165) is 34.3 Å². The minimum atomic E-state index is -3.62. The number of carbonyl (C=O) groups is 1. The van der Waals surface area contributed by atoms with Gasteiger partial charge in [-0.25, -0.2) is 8.42 Å². The first kappa shape index (κ1) is 22.7. The topological polar surface area (TPSA) is 75.7 Å². The maximum absolute atomic E-state index is 12.8. The smallest absolute Gasteiger partial charge is 0.241 e. The van der Waals surface area contributed by atoms with Crippen LogP contribution in [0.15, 0.2) is 36.4 Å². The van der Waals surface area contributed by atoms with E-state index in [-0.39, 0.29) is 18.5 Å². The van der Waals surface area contributed by atoms with Crippen LogP contribution in [0.2, 0.25) is 0 Å². The van der Waals surface area contributed by atoms with Gasteiger partial charge in [-0.2, -0.15) is 0 Å². The molecule has 0 heterocycles. The van der Waals surface area contributed by atoms with Gasteiger partial charge in [0.25, 0.3) is 0 Å². The molecule has 29 heavy (non-hydrogen) atoms. The summed E-state index contributed by atoms with van der Waals surface area (Å²) in [4.78, 5) is 12.8. The number of ether oxygens (including phenoxy) is 1. The number of carbonyl (C=O) groups excluding carboxylic acids is 1. The van der Waals surface area contributed by atoms with Crippen LogP contribution in [0.1, 0.15) is 41.6 Å². The molecule has 0 unspecified atom stereocenters. The lowest BCUT2D eigenvalue weighted by Gasteiger charge is -2.27. The standard InChI is InChI=1S/C22H30N2O4S/c1-7-19(18-11-12-20(28-5)17(4)13-18)23-21(25)14-24(29(6,26)27)22-15(2)9-8-10-16(22)3/h8-13,19H,7,14H2,1-6H3,(H,23,25)/t19-/m0/s1. The van der Waals surface area contributed by atoms with Gasteiger partial charge in [0, 0.05) is 0 Å². The fourth-order valence-electron chi connectivity index (χ4n) is 3.47. The van der Waals surface area contributed by atoms with Crippen LogP contribution in [0.25, 0.3) is 0 Å². The highest BCUT2D eigenvalue weighted by Gasteiger charge is 2.25. The van der Waals surface area contributed by atoms with E-state index in [0.29, 0.717) is 12.1 Å². The van der Waals surface area contributed by atoms with Gasteiger partial charge in [0.15, 0.2) is 0 Å². The SMILES string of the molecule is CC[C@H](NC(=O)CN(c1c(C)cccc1C)S(C)(=O)=O)c1ccc(OC)c(C)c1. The zero-order valence-corrected chi connectivity index (χ0v) is 18.8. The van der Waals surface area contributed by atoms with Crippen LogP contribution in [-0.4, -0.2) is 34.2 Å². The van der Waals surface area contributed by atoms with Gasteiger partial charge in [-0.05, 0) is 55.5 Å². The van der Waals surface area contributed by atoms with Gasteiger partial charge in [0.2, 0.25) is 15.9 Å². The average Bonchev–Trinajstić information content (AvgIpc) is 2.64. The molecule has 0 radical (unpaired) electrons. The average molecular weight is 419 g/mol. The molecule has 1 atom stereocenters. The summed E-state index contributed by atoms with van der Waals surface area (Å²) >= 11 is 0. The summed E-state index contributed by atoms with van der Waals surface area (Å²) in [5.74, 6) is 0.437. The van der Waals surface area contributed by atoms with E-state index in [4.69, 9.17) is 4.74 Å². The Kier molecular flexibility index (Phi) is 7.30. The van der Waals surface area contributed by atoms with Gasteiger partial charge in [0.05, 0.1) is 25.1 Å². The molecule has 1 N–H and O–H groups in total. The van der Waals surface area contributed by atoms with Gasteiger partial charge in [-0.3, -0.25) is 9.10 Å². The van der Waals surface area contributed by atoms with Crippen LogP contribution < -0.4 is 14.4 Å². The molecule has 7 heteroatoms. The molecule has 2 rings (SSSR count). The lowest BCUT2D eigenvalue weighted by Crippen LogP contribution is -2.42. The number of hydrogen-bond acceptors (Lipinski definition) is 4. The largest absolute Gasteiger partial charge is 0.496 e. The number of para-hydroxylation sites is 1. The van der Waals surface area contributed by atoms with Crippen molar-refractivity contribution in [3.05, 3.63) is 58.7 Å². The second-order valence-electron chi connectivity index (χ2n) is 7.27. The van der Waals surface area contributed by atoms with Gasteiger partial charge < -0.3 is 10.1 Å². The van der Waals surface area contributed by atoms with E-state index in [2.05, 4.69) is 5.32 Å². The van der Waals surface area contributed by atoms with E-state index < -0.39 is 10.0 Å². The Balaban J connectivity index is 2.26. The molecule has 0 spiro atoms. The molecule has 0 aliphatic rings.